The number of aryl methyl sites for hydroxylation is 2. The van der Waals surface area contributed by atoms with Gasteiger partial charge in [0.05, 0.1) is 12.2 Å². The third-order valence-corrected chi connectivity index (χ3v) is 4.71. The minimum atomic E-state index is -4.50. The maximum Gasteiger partial charge on any atom is 0.421 e. The molecular weight excluding hydrogens is 361 g/mol. The molecule has 1 saturated heterocycles. The van der Waals surface area contributed by atoms with Gasteiger partial charge in [0.1, 0.15) is 17.1 Å². The van der Waals surface area contributed by atoms with Crippen LogP contribution in [0.5, 0.6) is 5.88 Å². The molecule has 1 fully saturated rings. The van der Waals surface area contributed by atoms with Crippen molar-refractivity contribution in [2.45, 2.75) is 32.9 Å². The van der Waals surface area contributed by atoms with Crippen LogP contribution in [-0.4, -0.2) is 35.5 Å². The van der Waals surface area contributed by atoms with Crippen molar-refractivity contribution in [1.82, 2.24) is 9.88 Å². The van der Waals surface area contributed by atoms with E-state index < -0.39 is 17.6 Å². The molecule has 2 aromatic heterocycles. The highest BCUT2D eigenvalue weighted by atomic mass is 19.4. The summed E-state index contributed by atoms with van der Waals surface area (Å²) in [5.74, 6) is 0.887. The molecule has 0 radical (unpaired) electrons. The van der Waals surface area contributed by atoms with Crippen molar-refractivity contribution in [1.29, 1.82) is 0 Å². The highest BCUT2D eigenvalue weighted by molar-refractivity contribution is 5.95. The number of halogens is 3. The van der Waals surface area contributed by atoms with E-state index in [0.29, 0.717) is 43.0 Å². The van der Waals surface area contributed by atoms with Gasteiger partial charge in [-0.15, -0.1) is 0 Å². The van der Waals surface area contributed by atoms with Crippen molar-refractivity contribution >= 4 is 5.91 Å². The number of piperidine rings is 1. The molecule has 3 rings (SSSR count). The highest BCUT2D eigenvalue weighted by Crippen LogP contribution is 2.35. The lowest BCUT2D eigenvalue weighted by molar-refractivity contribution is -0.139. The quantitative estimate of drug-likeness (QED) is 0.794. The number of carbonyl (C=O) groups excluding carboxylic acids is 1. The summed E-state index contributed by atoms with van der Waals surface area (Å²) in [5, 5.41) is 0. The Balaban J connectivity index is 1.55. The van der Waals surface area contributed by atoms with Gasteiger partial charge in [-0.1, -0.05) is 0 Å². The second-order valence-corrected chi connectivity index (χ2v) is 6.73. The summed E-state index contributed by atoms with van der Waals surface area (Å²) in [5.41, 5.74) is -0.311. The molecule has 5 nitrogen and oxygen atoms in total. The number of carbonyl (C=O) groups is 1. The summed E-state index contributed by atoms with van der Waals surface area (Å²) in [6.45, 7) is 4.76. The van der Waals surface area contributed by atoms with E-state index in [1.807, 2.05) is 0 Å². The Kier molecular flexibility index (Phi) is 5.43. The van der Waals surface area contributed by atoms with Crippen LogP contribution in [0.15, 0.2) is 28.8 Å². The minimum Gasteiger partial charge on any atom is -0.477 e. The summed E-state index contributed by atoms with van der Waals surface area (Å²) >= 11 is 0. The van der Waals surface area contributed by atoms with E-state index in [1.165, 1.54) is 12.3 Å². The SMILES string of the molecule is Cc1cc(C(=O)N2CCC(COc3ncccc3C(F)(F)F)CC2)c(C)o1. The van der Waals surface area contributed by atoms with Crippen LogP contribution < -0.4 is 4.74 Å². The van der Waals surface area contributed by atoms with Gasteiger partial charge in [-0.3, -0.25) is 4.79 Å². The number of nitrogens with zero attached hydrogens (tertiary/aromatic N) is 2. The van der Waals surface area contributed by atoms with Crippen molar-refractivity contribution < 1.29 is 27.1 Å². The monoisotopic (exact) mass is 382 g/mol. The molecule has 0 aliphatic carbocycles. The number of likely N-dealkylation sites (tertiary alicyclic amines) is 1. The molecule has 0 N–H and O–H groups in total. The van der Waals surface area contributed by atoms with Crippen LogP contribution in [0.25, 0.3) is 0 Å². The average Bonchev–Trinajstić information content (AvgIpc) is 2.97. The highest BCUT2D eigenvalue weighted by Gasteiger charge is 2.35. The largest absolute Gasteiger partial charge is 0.477 e. The first-order valence-corrected chi connectivity index (χ1v) is 8.77. The van der Waals surface area contributed by atoms with Crippen LogP contribution in [0.1, 0.15) is 40.3 Å². The number of ether oxygens (including phenoxy) is 1. The molecule has 3 heterocycles. The van der Waals surface area contributed by atoms with Crippen LogP contribution in [0.2, 0.25) is 0 Å². The van der Waals surface area contributed by atoms with Gasteiger partial charge in [0.15, 0.2) is 0 Å². The van der Waals surface area contributed by atoms with Crippen molar-refractivity contribution in [2.24, 2.45) is 5.92 Å². The van der Waals surface area contributed by atoms with E-state index in [-0.39, 0.29) is 18.4 Å². The molecule has 0 aromatic carbocycles. The fourth-order valence-corrected chi connectivity index (χ4v) is 3.23. The van der Waals surface area contributed by atoms with Gasteiger partial charge in [-0.05, 0) is 50.8 Å². The lowest BCUT2D eigenvalue weighted by atomic mass is 9.97. The second-order valence-electron chi connectivity index (χ2n) is 6.73. The van der Waals surface area contributed by atoms with Crippen molar-refractivity contribution in [3.8, 4) is 5.88 Å². The molecule has 2 aromatic rings. The molecule has 0 atom stereocenters. The maximum atomic E-state index is 13.0. The zero-order chi connectivity index (χ0) is 19.6. The normalized spacial score (nSPS) is 15.8. The number of aromatic nitrogens is 1. The van der Waals surface area contributed by atoms with E-state index >= 15 is 0 Å². The van der Waals surface area contributed by atoms with Crippen LogP contribution in [0.4, 0.5) is 13.2 Å². The first-order valence-electron chi connectivity index (χ1n) is 8.77. The molecule has 1 aliphatic rings. The third-order valence-electron chi connectivity index (χ3n) is 4.71. The molecule has 1 amide bonds. The van der Waals surface area contributed by atoms with Crippen LogP contribution in [0, 0.1) is 19.8 Å². The Morgan fingerprint density at radius 3 is 2.63 bits per heavy atom. The lowest BCUT2D eigenvalue weighted by Crippen LogP contribution is -2.39. The number of furan rings is 1. The molecule has 0 unspecified atom stereocenters. The molecule has 0 bridgehead atoms. The number of hydrogen-bond donors (Lipinski definition) is 0. The Morgan fingerprint density at radius 1 is 1.33 bits per heavy atom. The Morgan fingerprint density at radius 2 is 2.04 bits per heavy atom. The van der Waals surface area contributed by atoms with Gasteiger partial charge in [0, 0.05) is 19.3 Å². The van der Waals surface area contributed by atoms with E-state index in [2.05, 4.69) is 4.98 Å². The number of rotatable bonds is 4. The summed E-state index contributed by atoms with van der Waals surface area (Å²) in [7, 11) is 0. The molecule has 1 aliphatic heterocycles. The molecule has 0 saturated carbocycles. The number of amides is 1. The Hall–Kier alpha value is -2.51. The Labute approximate surface area is 155 Å². The molecular formula is C19H21F3N2O3. The average molecular weight is 382 g/mol. The van der Waals surface area contributed by atoms with Gasteiger partial charge >= 0.3 is 6.18 Å². The zero-order valence-corrected chi connectivity index (χ0v) is 15.2. The number of hydrogen-bond acceptors (Lipinski definition) is 4. The third kappa shape index (κ3) is 4.43. The van der Waals surface area contributed by atoms with Crippen molar-refractivity contribution in [2.75, 3.05) is 19.7 Å². The molecule has 8 heteroatoms. The number of alkyl halides is 3. The van der Waals surface area contributed by atoms with Gasteiger partial charge in [-0.2, -0.15) is 13.2 Å². The van der Waals surface area contributed by atoms with Gasteiger partial charge in [-0.25, -0.2) is 4.98 Å². The second kappa shape index (κ2) is 7.62. The fourth-order valence-electron chi connectivity index (χ4n) is 3.23. The summed E-state index contributed by atoms with van der Waals surface area (Å²) in [6, 6.07) is 3.92. The maximum absolute atomic E-state index is 13.0. The van der Waals surface area contributed by atoms with Gasteiger partial charge in [0.2, 0.25) is 5.88 Å². The van der Waals surface area contributed by atoms with Crippen LogP contribution in [-0.2, 0) is 6.18 Å². The topological polar surface area (TPSA) is 55.6 Å². The molecule has 146 valence electrons. The van der Waals surface area contributed by atoms with E-state index in [4.69, 9.17) is 9.15 Å². The lowest BCUT2D eigenvalue weighted by Gasteiger charge is -2.31. The first kappa shape index (κ1) is 19.3. The summed E-state index contributed by atoms with van der Waals surface area (Å²) in [6.07, 6.45) is -1.90. The number of pyridine rings is 1. The van der Waals surface area contributed by atoms with Gasteiger partial charge in [0.25, 0.3) is 5.91 Å². The molecule has 27 heavy (non-hydrogen) atoms. The minimum absolute atomic E-state index is 0.0734. The van der Waals surface area contributed by atoms with Crippen LogP contribution >= 0.6 is 0 Å². The predicted octanol–water partition coefficient (Wildman–Crippen LogP) is 4.24. The smallest absolute Gasteiger partial charge is 0.421 e. The Bertz CT molecular complexity index is 809. The predicted molar refractivity (Wildman–Crippen MR) is 91.5 cm³/mol. The van der Waals surface area contributed by atoms with Crippen molar-refractivity contribution in [3.05, 3.63) is 47.0 Å². The van der Waals surface area contributed by atoms with Crippen LogP contribution in [0.3, 0.4) is 0 Å². The van der Waals surface area contributed by atoms with E-state index in [1.54, 1.807) is 24.8 Å². The zero-order valence-electron chi connectivity index (χ0n) is 15.2. The fraction of sp³-hybridized carbons (Fsp3) is 0.474. The van der Waals surface area contributed by atoms with E-state index in [9.17, 15) is 18.0 Å². The summed E-state index contributed by atoms with van der Waals surface area (Å²) in [4.78, 5) is 18.0. The first-order chi connectivity index (χ1) is 12.8. The van der Waals surface area contributed by atoms with E-state index in [0.717, 1.165) is 6.07 Å². The summed E-state index contributed by atoms with van der Waals surface area (Å²) < 4.78 is 49.7. The van der Waals surface area contributed by atoms with Gasteiger partial charge < -0.3 is 14.1 Å². The standard InChI is InChI=1S/C19H21F3N2O3/c1-12-10-15(13(2)27-12)18(25)24-8-5-14(6-9-24)11-26-17-16(19(20,21)22)4-3-7-23-17/h3-4,7,10,14H,5-6,8-9,11H2,1-2H3. The van der Waals surface area contributed by atoms with Crippen molar-refractivity contribution in [3.63, 3.8) is 0 Å². The molecule has 0 spiro atoms.